The van der Waals surface area contributed by atoms with Crippen molar-refractivity contribution in [3.8, 4) is 0 Å². The highest BCUT2D eigenvalue weighted by atomic mass is 31.2. The zero-order chi connectivity index (χ0) is 65.4. The minimum atomic E-state index is -5.38. The molecule has 8 N–H and O–H groups in total. The normalized spacial score (nSPS) is 23.3. The fraction of sp³-hybridized carbons (Fsp3) is 0.939. The monoisotopic (exact) mass is 1310 g/mol. The van der Waals surface area contributed by atoms with Gasteiger partial charge in [0.25, 0.3) is 0 Å². The van der Waals surface area contributed by atoms with Crippen molar-refractivity contribution in [2.45, 2.75) is 358 Å². The molecular formula is C66H128N2O19P2. The predicted molar refractivity (Wildman–Crippen MR) is 348 cm³/mol. The Balaban J connectivity index is 2.45. The van der Waals surface area contributed by atoms with E-state index >= 15 is 0 Å². The maximum absolute atomic E-state index is 14.1. The number of ether oxygens (including phenoxy) is 7. The highest BCUT2D eigenvalue weighted by Gasteiger charge is 2.53. The second-order valence-corrected chi connectivity index (χ2v) is 27.4. The zero-order valence-corrected chi connectivity index (χ0v) is 57.9. The molecule has 526 valence electrons. The molecule has 0 spiro atoms. The summed E-state index contributed by atoms with van der Waals surface area (Å²) in [5.74, 6) is -1.09. The number of unbranched alkanes of at least 4 members (excludes halogenated alkanes) is 30. The second kappa shape index (κ2) is 52.8. The summed E-state index contributed by atoms with van der Waals surface area (Å²) in [7, 11) is -7.66. The third-order valence-electron chi connectivity index (χ3n) is 17.0. The van der Waals surface area contributed by atoms with Gasteiger partial charge in [0.05, 0.1) is 31.8 Å². The van der Waals surface area contributed by atoms with Crippen LogP contribution in [-0.2, 0) is 60.9 Å². The van der Waals surface area contributed by atoms with Crippen LogP contribution in [0.4, 0.5) is 0 Å². The molecule has 2 heterocycles. The Bertz CT molecular complexity index is 1850. The lowest BCUT2D eigenvalue weighted by atomic mass is 9.95. The van der Waals surface area contributed by atoms with Crippen LogP contribution in [0, 0.1) is 0 Å². The van der Waals surface area contributed by atoms with Crippen molar-refractivity contribution in [2.24, 2.45) is 0 Å². The first-order valence-corrected chi connectivity index (χ1v) is 38.2. The van der Waals surface area contributed by atoms with E-state index in [2.05, 4.69) is 50.5 Å². The van der Waals surface area contributed by atoms with Crippen molar-refractivity contribution in [1.29, 1.82) is 0 Å². The van der Waals surface area contributed by atoms with E-state index in [0.717, 1.165) is 154 Å². The number of hydrogen-bond acceptors (Lipinski definition) is 15. The summed E-state index contributed by atoms with van der Waals surface area (Å²) < 4.78 is 79.4. The van der Waals surface area contributed by atoms with Crippen LogP contribution >= 0.6 is 15.6 Å². The number of phosphoric acid groups is 2. The number of aliphatic hydroxyl groups excluding tert-OH is 2. The molecule has 2 amide bonds. The lowest BCUT2D eigenvalue weighted by Crippen LogP contribution is -2.67. The number of amides is 2. The zero-order valence-electron chi connectivity index (χ0n) is 56.1. The van der Waals surface area contributed by atoms with Gasteiger partial charge in [-0.25, -0.2) is 9.13 Å². The van der Waals surface area contributed by atoms with Crippen molar-refractivity contribution in [3.05, 3.63) is 12.2 Å². The fourth-order valence-corrected chi connectivity index (χ4v) is 12.8. The quantitative estimate of drug-likeness (QED) is 0.0159. The van der Waals surface area contributed by atoms with Crippen molar-refractivity contribution in [2.75, 3.05) is 40.6 Å². The summed E-state index contributed by atoms with van der Waals surface area (Å²) >= 11 is 0. The number of methoxy groups -OCH3 is 2. The molecular weight excluding hydrogens is 1190 g/mol. The number of rotatable bonds is 59. The topological polar surface area (TPSA) is 297 Å². The Labute approximate surface area is 537 Å². The maximum atomic E-state index is 14.1. The van der Waals surface area contributed by atoms with Crippen LogP contribution in [0.25, 0.3) is 0 Å². The first kappa shape index (κ1) is 83.6. The number of nitrogens with one attached hydrogen (secondary N) is 2. The van der Waals surface area contributed by atoms with Gasteiger partial charge in [-0.1, -0.05) is 226 Å². The molecule has 2 saturated heterocycles. The summed E-state index contributed by atoms with van der Waals surface area (Å²) in [6.45, 7) is 7.97. The standard InChI is InChI=1S/C66H128N2O19P2/c1-7-11-15-19-22-25-26-27-28-29-30-32-34-38-42-46-57(70)67-60-64(82-49-47-54(80-6)45-41-36-18-14-10-4)62(86-88(73,74)75)56(51-79-5)85-65(60)83-52-55-61(72)63(81-48-43-39-35-24-21-17-13-9-3)59(66(84-55)87-89(76,77)78)68-58(71)50-53(69)44-40-37-33-31-23-20-16-12-8-2/h25-26,53-56,59-66,69,72H,7-24,27-52H2,1-6H3,(H,67,70)(H,68,71)(H2,73,74,75)(H2,76,77,78)/b26-25+. The van der Waals surface area contributed by atoms with Crippen molar-refractivity contribution in [3.63, 3.8) is 0 Å². The Morgan fingerprint density at radius 3 is 1.46 bits per heavy atom. The molecule has 0 aromatic carbocycles. The van der Waals surface area contributed by atoms with Crippen LogP contribution in [0.15, 0.2) is 12.2 Å². The van der Waals surface area contributed by atoms with Gasteiger partial charge in [0.15, 0.2) is 12.6 Å². The van der Waals surface area contributed by atoms with Gasteiger partial charge in [-0.15, -0.1) is 0 Å². The van der Waals surface area contributed by atoms with E-state index in [1.165, 1.54) is 64.9 Å². The number of carbonyl (C=O) groups is 2. The number of carbonyl (C=O) groups excluding carboxylic acids is 2. The van der Waals surface area contributed by atoms with E-state index in [1.54, 1.807) is 7.11 Å². The molecule has 21 nitrogen and oxygen atoms in total. The van der Waals surface area contributed by atoms with Crippen LogP contribution < -0.4 is 10.6 Å². The lowest BCUT2D eigenvalue weighted by molar-refractivity contribution is -0.301. The van der Waals surface area contributed by atoms with E-state index in [1.807, 2.05) is 0 Å². The molecule has 2 aliphatic heterocycles. The molecule has 2 aliphatic rings. The lowest BCUT2D eigenvalue weighted by Gasteiger charge is -2.47. The minimum absolute atomic E-state index is 0.0143. The number of allylic oxidation sites excluding steroid dienone is 2. The summed E-state index contributed by atoms with van der Waals surface area (Å²) in [6, 6.07) is -2.79. The number of hydrogen-bond donors (Lipinski definition) is 8. The van der Waals surface area contributed by atoms with Gasteiger partial charge in [0, 0.05) is 33.9 Å². The van der Waals surface area contributed by atoms with E-state index in [4.69, 9.17) is 42.2 Å². The molecule has 23 heteroatoms. The summed E-state index contributed by atoms with van der Waals surface area (Å²) in [6.07, 6.45) is 29.5. The van der Waals surface area contributed by atoms with E-state index in [0.29, 0.717) is 32.1 Å². The SMILES string of the molecule is CCCCCC/C=C/CCCCCCCCCC(=O)NC1C(OCC2OC(OP(=O)(O)O)C(NC(=O)CC(O)CCCCCCCCCCC)C(OCCCCCCCCCC)C2O)OC(COC)C(OP(=O)(O)O)C1OCCC(CCCCCCC)OC. The van der Waals surface area contributed by atoms with Gasteiger partial charge in [0.1, 0.15) is 48.7 Å². The molecule has 89 heavy (non-hydrogen) atoms. The average Bonchev–Trinajstić information content (AvgIpc) is 0.966. The highest BCUT2D eigenvalue weighted by molar-refractivity contribution is 7.46. The fourth-order valence-electron chi connectivity index (χ4n) is 11.8. The highest BCUT2D eigenvalue weighted by Crippen LogP contribution is 2.44. The van der Waals surface area contributed by atoms with Gasteiger partial charge in [-0.2, -0.15) is 0 Å². The molecule has 2 fully saturated rings. The third kappa shape index (κ3) is 41.2. The van der Waals surface area contributed by atoms with Crippen LogP contribution in [-0.4, -0.2) is 156 Å². The van der Waals surface area contributed by atoms with Crippen LogP contribution in [0.2, 0.25) is 0 Å². The van der Waals surface area contributed by atoms with E-state index in [-0.39, 0.29) is 38.8 Å². The van der Waals surface area contributed by atoms with Crippen molar-refractivity contribution in [1.82, 2.24) is 10.6 Å². The van der Waals surface area contributed by atoms with Crippen LogP contribution in [0.5, 0.6) is 0 Å². The molecule has 12 atom stereocenters. The first-order chi connectivity index (χ1) is 42.9. The smallest absolute Gasteiger partial charge is 0.393 e. The van der Waals surface area contributed by atoms with Gasteiger partial charge < -0.3 is 73.6 Å². The van der Waals surface area contributed by atoms with Crippen LogP contribution in [0.3, 0.4) is 0 Å². The largest absolute Gasteiger partial charge is 0.472 e. The summed E-state index contributed by atoms with van der Waals surface area (Å²) in [5.41, 5.74) is 0. The molecule has 0 bridgehead atoms. The number of aliphatic hydroxyl groups is 2. The Kier molecular flexibility index (Phi) is 49.6. The van der Waals surface area contributed by atoms with Crippen LogP contribution in [0.1, 0.15) is 285 Å². The van der Waals surface area contributed by atoms with Crippen molar-refractivity contribution < 1.29 is 90.7 Å². The molecule has 0 aromatic heterocycles. The van der Waals surface area contributed by atoms with E-state index in [9.17, 15) is 48.5 Å². The minimum Gasteiger partial charge on any atom is -0.393 e. The molecule has 0 aromatic rings. The average molecular weight is 1320 g/mol. The predicted octanol–water partition coefficient (Wildman–Crippen LogP) is 13.4. The molecule has 0 radical (unpaired) electrons. The Hall–Kier alpha value is -1.46. The summed E-state index contributed by atoms with van der Waals surface area (Å²) in [4.78, 5) is 69.1. The Morgan fingerprint density at radius 2 is 0.933 bits per heavy atom. The molecule has 0 aliphatic carbocycles. The van der Waals surface area contributed by atoms with E-state index < -0.39 is 101 Å². The summed E-state index contributed by atoms with van der Waals surface area (Å²) in [5, 5.41) is 29.0. The van der Waals surface area contributed by atoms with Gasteiger partial charge in [-0.3, -0.25) is 18.6 Å². The first-order valence-electron chi connectivity index (χ1n) is 35.2. The van der Waals surface area contributed by atoms with Gasteiger partial charge >= 0.3 is 15.6 Å². The second-order valence-electron chi connectivity index (χ2n) is 25.0. The third-order valence-corrected chi connectivity index (χ3v) is 18.0. The van der Waals surface area contributed by atoms with Gasteiger partial charge in [0.2, 0.25) is 11.8 Å². The number of phosphoric ester groups is 2. The molecule has 2 rings (SSSR count). The Morgan fingerprint density at radius 1 is 0.483 bits per heavy atom. The molecule has 0 saturated carbocycles. The van der Waals surface area contributed by atoms with Gasteiger partial charge in [-0.05, 0) is 57.8 Å². The van der Waals surface area contributed by atoms with Crippen molar-refractivity contribution >= 4 is 27.5 Å². The molecule has 12 unspecified atom stereocenters. The maximum Gasteiger partial charge on any atom is 0.472 e.